The molecule has 196 valence electrons. The van der Waals surface area contributed by atoms with Crippen molar-refractivity contribution in [3.05, 3.63) is 146 Å². The minimum Gasteiger partial charge on any atom is -0.264 e. The average Bonchev–Trinajstić information content (AvgIpc) is 3.09. The molecule has 0 saturated heterocycles. The highest BCUT2D eigenvalue weighted by Gasteiger charge is 2.15. The van der Waals surface area contributed by atoms with Crippen molar-refractivity contribution in [1.82, 2.24) is 19.9 Å². The lowest BCUT2D eigenvalue weighted by atomic mass is 9.93. The summed E-state index contributed by atoms with van der Waals surface area (Å²) in [5.41, 5.74) is 4.93. The molecule has 2 heterocycles. The summed E-state index contributed by atoms with van der Waals surface area (Å²) in [5, 5.41) is 7.36. The van der Waals surface area contributed by atoms with Crippen LogP contribution >= 0.6 is 0 Å². The van der Waals surface area contributed by atoms with E-state index in [0.717, 1.165) is 27.8 Å². The van der Waals surface area contributed by atoms with Crippen molar-refractivity contribution in [3.63, 3.8) is 0 Å². The summed E-state index contributed by atoms with van der Waals surface area (Å²) in [5.74, 6) is 1.92. The number of pyridine rings is 1. The van der Waals surface area contributed by atoms with Crippen molar-refractivity contribution >= 4 is 32.3 Å². The van der Waals surface area contributed by atoms with Gasteiger partial charge in [0.1, 0.15) is 0 Å². The second kappa shape index (κ2) is 10.0. The number of nitrogens with zero attached hydrogens (tertiary/aromatic N) is 4. The van der Waals surface area contributed by atoms with Gasteiger partial charge in [-0.1, -0.05) is 115 Å². The Morgan fingerprint density at radius 2 is 0.810 bits per heavy atom. The van der Waals surface area contributed by atoms with Crippen LogP contribution in [0.1, 0.15) is 0 Å². The molecule has 0 spiro atoms. The molecule has 0 fully saturated rings. The molecule has 0 amide bonds. The molecule has 0 bridgehead atoms. The minimum atomic E-state index is 0.632. The molecule has 4 heteroatoms. The zero-order valence-corrected chi connectivity index (χ0v) is 22.6. The number of aromatic nitrogens is 4. The van der Waals surface area contributed by atoms with Crippen LogP contribution in [-0.4, -0.2) is 19.9 Å². The molecule has 0 aliphatic rings. The van der Waals surface area contributed by atoms with Crippen LogP contribution in [0.15, 0.2) is 146 Å². The molecule has 2 aromatic heterocycles. The largest absolute Gasteiger partial charge is 0.264 e. The molecule has 8 aromatic rings. The average molecular weight is 537 g/mol. The fraction of sp³-hybridized carbons (Fsp3) is 0. The Labute approximate surface area is 243 Å². The van der Waals surface area contributed by atoms with Crippen LogP contribution < -0.4 is 0 Å². The van der Waals surface area contributed by atoms with Gasteiger partial charge in [-0.25, -0.2) is 15.0 Å². The Kier molecular flexibility index (Phi) is 5.75. The predicted molar refractivity (Wildman–Crippen MR) is 172 cm³/mol. The van der Waals surface area contributed by atoms with Crippen molar-refractivity contribution in [1.29, 1.82) is 0 Å². The number of fused-ring (bicyclic) bond motifs is 6. The van der Waals surface area contributed by atoms with E-state index in [1.165, 1.54) is 32.3 Å². The van der Waals surface area contributed by atoms with E-state index in [-0.39, 0.29) is 0 Å². The smallest absolute Gasteiger partial charge is 0.164 e. The van der Waals surface area contributed by atoms with Crippen LogP contribution in [0.4, 0.5) is 0 Å². The lowest BCUT2D eigenvalue weighted by molar-refractivity contribution is 1.07. The lowest BCUT2D eigenvalue weighted by Gasteiger charge is -2.13. The number of hydrogen-bond donors (Lipinski definition) is 0. The fourth-order valence-corrected chi connectivity index (χ4v) is 5.77. The Morgan fingerprint density at radius 3 is 1.45 bits per heavy atom. The number of benzene rings is 6. The third-order valence-corrected chi connectivity index (χ3v) is 7.79. The highest BCUT2D eigenvalue weighted by molar-refractivity contribution is 6.25. The van der Waals surface area contributed by atoms with Gasteiger partial charge in [-0.3, -0.25) is 4.98 Å². The van der Waals surface area contributed by atoms with Gasteiger partial charge in [0.2, 0.25) is 0 Å². The van der Waals surface area contributed by atoms with Crippen molar-refractivity contribution in [3.8, 4) is 45.3 Å². The van der Waals surface area contributed by atoms with Crippen LogP contribution in [0.2, 0.25) is 0 Å². The molecule has 0 aliphatic heterocycles. The monoisotopic (exact) mass is 536 g/mol. The zero-order chi connectivity index (χ0) is 27.9. The molecule has 0 unspecified atom stereocenters. The van der Waals surface area contributed by atoms with E-state index < -0.39 is 0 Å². The maximum atomic E-state index is 5.05. The van der Waals surface area contributed by atoms with E-state index in [9.17, 15) is 0 Å². The van der Waals surface area contributed by atoms with Crippen LogP contribution in [0.5, 0.6) is 0 Å². The molecule has 0 radical (unpaired) electrons. The molecule has 0 N–H and O–H groups in total. The van der Waals surface area contributed by atoms with Gasteiger partial charge >= 0.3 is 0 Å². The van der Waals surface area contributed by atoms with E-state index in [1.54, 1.807) is 6.20 Å². The Bertz CT molecular complexity index is 2210. The molecule has 0 aliphatic carbocycles. The summed E-state index contributed by atoms with van der Waals surface area (Å²) < 4.78 is 0. The second-order valence-electron chi connectivity index (χ2n) is 10.3. The van der Waals surface area contributed by atoms with Gasteiger partial charge in [0, 0.05) is 34.6 Å². The molecule has 0 saturated carbocycles. The van der Waals surface area contributed by atoms with Gasteiger partial charge in [0.25, 0.3) is 0 Å². The predicted octanol–water partition coefficient (Wildman–Crippen LogP) is 9.39. The van der Waals surface area contributed by atoms with E-state index in [4.69, 9.17) is 15.0 Å². The molecule has 8 rings (SSSR count). The Hall–Kier alpha value is -5.74. The summed E-state index contributed by atoms with van der Waals surface area (Å²) in [7, 11) is 0. The van der Waals surface area contributed by atoms with E-state index in [2.05, 4.69) is 89.9 Å². The van der Waals surface area contributed by atoms with E-state index in [0.29, 0.717) is 17.5 Å². The van der Waals surface area contributed by atoms with Gasteiger partial charge in [0.05, 0.1) is 0 Å². The molecule has 42 heavy (non-hydrogen) atoms. The summed E-state index contributed by atoms with van der Waals surface area (Å²) in [4.78, 5) is 19.3. The normalized spacial score (nSPS) is 11.3. The first-order valence-electron chi connectivity index (χ1n) is 14.0. The number of hydrogen-bond acceptors (Lipinski definition) is 4. The highest BCUT2D eigenvalue weighted by Crippen LogP contribution is 2.37. The van der Waals surface area contributed by atoms with Gasteiger partial charge in [-0.2, -0.15) is 0 Å². The summed E-state index contributed by atoms with van der Waals surface area (Å²) >= 11 is 0. The standard InChI is InChI=1S/C38H24N4/c1-2-10-25(11-3-1)36-40-37(27-13-8-12-26(22-27)29-14-9-21-39-24-29)42-38(41-36)28-19-20-34-32-17-5-4-15-30(32)31-16-6-7-18-33(31)35(34)23-28/h1-24H. The number of rotatable bonds is 4. The van der Waals surface area contributed by atoms with Crippen molar-refractivity contribution < 1.29 is 0 Å². The quantitative estimate of drug-likeness (QED) is 0.210. The van der Waals surface area contributed by atoms with Gasteiger partial charge < -0.3 is 0 Å². The molecule has 6 aromatic carbocycles. The van der Waals surface area contributed by atoms with Crippen LogP contribution in [0.25, 0.3) is 77.6 Å². The summed E-state index contributed by atoms with van der Waals surface area (Å²) in [6.07, 6.45) is 3.66. The van der Waals surface area contributed by atoms with E-state index >= 15 is 0 Å². The van der Waals surface area contributed by atoms with Crippen molar-refractivity contribution in [2.24, 2.45) is 0 Å². The first-order valence-corrected chi connectivity index (χ1v) is 14.0. The fourth-order valence-electron chi connectivity index (χ4n) is 5.77. The van der Waals surface area contributed by atoms with Crippen molar-refractivity contribution in [2.45, 2.75) is 0 Å². The minimum absolute atomic E-state index is 0.632. The van der Waals surface area contributed by atoms with Gasteiger partial charge in [0.15, 0.2) is 17.5 Å². The Morgan fingerprint density at radius 1 is 0.310 bits per heavy atom. The molecular formula is C38H24N4. The van der Waals surface area contributed by atoms with Crippen LogP contribution in [0.3, 0.4) is 0 Å². The second-order valence-corrected chi connectivity index (χ2v) is 10.3. The first kappa shape index (κ1) is 24.1. The van der Waals surface area contributed by atoms with Gasteiger partial charge in [-0.15, -0.1) is 0 Å². The molecule has 4 nitrogen and oxygen atoms in total. The SMILES string of the molecule is c1ccc(-c2nc(-c3cccc(-c4cccnc4)c3)nc(-c3ccc4c5ccccc5c5ccccc5c4c3)n2)cc1. The zero-order valence-electron chi connectivity index (χ0n) is 22.6. The first-order chi connectivity index (χ1) is 20.8. The maximum Gasteiger partial charge on any atom is 0.164 e. The topological polar surface area (TPSA) is 51.6 Å². The molecular weight excluding hydrogens is 512 g/mol. The van der Waals surface area contributed by atoms with E-state index in [1.807, 2.05) is 54.7 Å². The summed E-state index contributed by atoms with van der Waals surface area (Å²) in [6.45, 7) is 0. The van der Waals surface area contributed by atoms with Crippen LogP contribution in [-0.2, 0) is 0 Å². The van der Waals surface area contributed by atoms with Crippen LogP contribution in [0, 0.1) is 0 Å². The highest BCUT2D eigenvalue weighted by atomic mass is 15.0. The Balaban J connectivity index is 1.35. The lowest BCUT2D eigenvalue weighted by Crippen LogP contribution is -2.00. The third kappa shape index (κ3) is 4.18. The third-order valence-electron chi connectivity index (χ3n) is 7.79. The van der Waals surface area contributed by atoms with Gasteiger partial charge in [-0.05, 0) is 56.1 Å². The van der Waals surface area contributed by atoms with Crippen molar-refractivity contribution in [2.75, 3.05) is 0 Å². The maximum absolute atomic E-state index is 5.05. The molecule has 0 atom stereocenters. The summed E-state index contributed by atoms with van der Waals surface area (Å²) in [6, 6.07) is 46.2.